The van der Waals surface area contributed by atoms with Crippen molar-refractivity contribution in [3.8, 4) is 5.75 Å². The summed E-state index contributed by atoms with van der Waals surface area (Å²) in [7, 11) is 0. The number of hydrogen-bond acceptors (Lipinski definition) is 6. The van der Waals surface area contributed by atoms with Gasteiger partial charge in [0.15, 0.2) is 0 Å². The summed E-state index contributed by atoms with van der Waals surface area (Å²) in [6.07, 6.45) is 4.75. The Balaban J connectivity index is 1.61. The maximum atomic E-state index is 13.5. The highest BCUT2D eigenvalue weighted by atomic mass is 35.5. The lowest BCUT2D eigenvalue weighted by Crippen LogP contribution is -2.38. The first kappa shape index (κ1) is 22.0. The van der Waals surface area contributed by atoms with Crippen molar-refractivity contribution >= 4 is 45.6 Å². The van der Waals surface area contributed by atoms with Crippen LogP contribution >= 0.6 is 11.6 Å². The van der Waals surface area contributed by atoms with Gasteiger partial charge in [-0.05, 0) is 56.3 Å². The van der Waals surface area contributed by atoms with Crippen LogP contribution in [0.5, 0.6) is 5.75 Å². The molecule has 0 aliphatic carbocycles. The minimum Gasteiger partial charge on any atom is -0.491 e. The van der Waals surface area contributed by atoms with Gasteiger partial charge in [0.1, 0.15) is 23.7 Å². The molecule has 0 atom stereocenters. The number of anilines is 3. The zero-order valence-corrected chi connectivity index (χ0v) is 18.2. The van der Waals surface area contributed by atoms with Crippen LogP contribution in [0.15, 0.2) is 49.3 Å². The molecule has 1 aliphatic rings. The molecule has 4 rings (SSSR count). The first-order chi connectivity index (χ1) is 15.5. The fourth-order valence-corrected chi connectivity index (χ4v) is 3.55. The second kappa shape index (κ2) is 9.93. The van der Waals surface area contributed by atoms with Gasteiger partial charge >= 0.3 is 0 Å². The predicted molar refractivity (Wildman–Crippen MR) is 124 cm³/mol. The molecular formula is C23H23ClFN5O2. The molecule has 0 unspecified atom stereocenters. The summed E-state index contributed by atoms with van der Waals surface area (Å²) in [6, 6.07) is 7.82. The predicted octanol–water partition coefficient (Wildman–Crippen LogP) is 4.77. The summed E-state index contributed by atoms with van der Waals surface area (Å²) in [5.74, 6) is 0.142. The zero-order chi connectivity index (χ0) is 22.5. The third-order valence-corrected chi connectivity index (χ3v) is 5.48. The fraction of sp³-hybridized carbons (Fsp3) is 0.261. The van der Waals surface area contributed by atoms with Crippen LogP contribution in [0.25, 0.3) is 10.9 Å². The minimum absolute atomic E-state index is 0.00112. The summed E-state index contributed by atoms with van der Waals surface area (Å²) < 4.78 is 19.5. The van der Waals surface area contributed by atoms with Crippen molar-refractivity contribution in [2.75, 3.05) is 36.9 Å². The average Bonchev–Trinajstić information content (AvgIpc) is 2.75. The smallest absolute Gasteiger partial charge is 0.247 e. The Kier molecular flexibility index (Phi) is 6.82. The Morgan fingerprint density at radius 3 is 2.84 bits per heavy atom. The van der Waals surface area contributed by atoms with Crippen LogP contribution in [0, 0.1) is 5.82 Å². The molecule has 7 nitrogen and oxygen atoms in total. The van der Waals surface area contributed by atoms with Crippen molar-refractivity contribution in [1.82, 2.24) is 14.9 Å². The van der Waals surface area contributed by atoms with Crippen molar-refractivity contribution in [3.63, 3.8) is 0 Å². The van der Waals surface area contributed by atoms with Crippen LogP contribution in [-0.4, -0.2) is 47.0 Å². The molecule has 2 N–H and O–H groups in total. The van der Waals surface area contributed by atoms with Crippen molar-refractivity contribution in [1.29, 1.82) is 0 Å². The van der Waals surface area contributed by atoms with Crippen molar-refractivity contribution in [2.24, 2.45) is 0 Å². The molecule has 1 fully saturated rings. The number of carbonyl (C=O) groups excluding carboxylic acids is 1. The normalized spacial score (nSPS) is 13.4. The molecule has 1 aliphatic heterocycles. The molecule has 32 heavy (non-hydrogen) atoms. The monoisotopic (exact) mass is 455 g/mol. The Morgan fingerprint density at radius 2 is 2.12 bits per heavy atom. The van der Waals surface area contributed by atoms with Gasteiger partial charge in [0.2, 0.25) is 5.91 Å². The molecule has 9 heteroatoms. The molecule has 166 valence electrons. The third kappa shape index (κ3) is 5.15. The van der Waals surface area contributed by atoms with Crippen LogP contribution in [0.3, 0.4) is 0 Å². The number of likely N-dealkylation sites (tertiary alicyclic amines) is 1. The van der Waals surface area contributed by atoms with Crippen molar-refractivity contribution in [2.45, 2.75) is 12.8 Å². The Labute approximate surface area is 190 Å². The van der Waals surface area contributed by atoms with Gasteiger partial charge in [0, 0.05) is 23.7 Å². The number of amides is 1. The van der Waals surface area contributed by atoms with Gasteiger partial charge in [-0.2, -0.15) is 0 Å². The van der Waals surface area contributed by atoms with Crippen molar-refractivity contribution < 1.29 is 13.9 Å². The van der Waals surface area contributed by atoms with Crippen LogP contribution in [0.1, 0.15) is 12.8 Å². The maximum absolute atomic E-state index is 13.5. The zero-order valence-electron chi connectivity index (χ0n) is 17.4. The summed E-state index contributed by atoms with van der Waals surface area (Å²) in [4.78, 5) is 23.0. The number of benzene rings is 2. The van der Waals surface area contributed by atoms with E-state index in [1.165, 1.54) is 31.0 Å². The van der Waals surface area contributed by atoms with Gasteiger partial charge in [-0.1, -0.05) is 18.2 Å². The standard InChI is InChI=1S/C23H23ClFN5O2/c1-2-22(31)29-20-12-16-19(13-21(20)32-10-4-9-30-7-3-8-30)26-14-27-23(16)28-15-5-6-18(25)17(24)11-15/h2,5-6,11-14H,1,3-4,7-10H2,(H,29,31)(H,26,27,28). The van der Waals surface area contributed by atoms with E-state index in [0.717, 1.165) is 26.1 Å². The molecule has 0 spiro atoms. The number of ether oxygens (including phenoxy) is 1. The molecular weight excluding hydrogens is 433 g/mol. The third-order valence-electron chi connectivity index (χ3n) is 5.19. The number of hydrogen-bond donors (Lipinski definition) is 2. The van der Waals surface area contributed by atoms with Gasteiger partial charge in [0.05, 0.1) is 22.8 Å². The maximum Gasteiger partial charge on any atom is 0.247 e. The molecule has 1 aromatic heterocycles. The van der Waals surface area contributed by atoms with Gasteiger partial charge < -0.3 is 20.3 Å². The summed E-state index contributed by atoms with van der Waals surface area (Å²) in [5, 5.41) is 6.56. The molecule has 2 aromatic carbocycles. The first-order valence-corrected chi connectivity index (χ1v) is 10.7. The number of carbonyl (C=O) groups is 1. The van der Waals surface area contributed by atoms with Gasteiger partial charge in [0.25, 0.3) is 0 Å². The SMILES string of the molecule is C=CC(=O)Nc1cc2c(Nc3ccc(F)c(Cl)c3)ncnc2cc1OCCCN1CCC1. The summed E-state index contributed by atoms with van der Waals surface area (Å²) in [6.45, 7) is 7.29. The lowest BCUT2D eigenvalue weighted by atomic mass is 10.1. The van der Waals surface area contributed by atoms with E-state index in [-0.39, 0.29) is 10.9 Å². The molecule has 0 saturated carbocycles. The highest BCUT2D eigenvalue weighted by Gasteiger charge is 2.15. The van der Waals surface area contributed by atoms with Gasteiger partial charge in [-0.3, -0.25) is 4.79 Å². The van der Waals surface area contributed by atoms with E-state index in [0.29, 0.717) is 40.5 Å². The van der Waals surface area contributed by atoms with Gasteiger partial charge in [-0.15, -0.1) is 0 Å². The molecule has 0 radical (unpaired) electrons. The summed E-state index contributed by atoms with van der Waals surface area (Å²) >= 11 is 5.89. The average molecular weight is 456 g/mol. The van der Waals surface area contributed by atoms with Gasteiger partial charge in [-0.25, -0.2) is 14.4 Å². The number of fused-ring (bicyclic) bond motifs is 1. The largest absolute Gasteiger partial charge is 0.491 e. The summed E-state index contributed by atoms with van der Waals surface area (Å²) in [5.41, 5.74) is 1.69. The Morgan fingerprint density at radius 1 is 1.28 bits per heavy atom. The Hall–Kier alpha value is -3.23. The Bertz CT molecular complexity index is 1150. The van der Waals surface area contributed by atoms with E-state index in [1.54, 1.807) is 18.2 Å². The van der Waals surface area contributed by atoms with E-state index in [1.807, 2.05) is 0 Å². The van der Waals surface area contributed by atoms with Crippen LogP contribution in [-0.2, 0) is 4.79 Å². The molecule has 2 heterocycles. The quantitative estimate of drug-likeness (QED) is 0.357. The van der Waals surface area contributed by atoms with Crippen LogP contribution < -0.4 is 15.4 Å². The van der Waals surface area contributed by atoms with E-state index in [9.17, 15) is 9.18 Å². The first-order valence-electron chi connectivity index (χ1n) is 10.3. The lowest BCUT2D eigenvalue weighted by molar-refractivity contribution is -0.111. The van der Waals surface area contributed by atoms with E-state index >= 15 is 0 Å². The topological polar surface area (TPSA) is 79.4 Å². The van der Waals surface area contributed by atoms with E-state index in [4.69, 9.17) is 16.3 Å². The van der Waals surface area contributed by atoms with Crippen LogP contribution in [0.2, 0.25) is 5.02 Å². The highest BCUT2D eigenvalue weighted by molar-refractivity contribution is 6.31. The molecule has 0 bridgehead atoms. The lowest BCUT2D eigenvalue weighted by Gasteiger charge is -2.30. The number of nitrogens with one attached hydrogen (secondary N) is 2. The molecule has 1 amide bonds. The van der Waals surface area contributed by atoms with Crippen molar-refractivity contribution in [3.05, 3.63) is 60.2 Å². The number of halogens is 2. The second-order valence-corrected chi connectivity index (χ2v) is 7.84. The highest BCUT2D eigenvalue weighted by Crippen LogP contribution is 2.34. The number of nitrogens with zero attached hydrogens (tertiary/aromatic N) is 3. The van der Waals surface area contributed by atoms with E-state index in [2.05, 4.69) is 32.1 Å². The molecule has 1 saturated heterocycles. The number of rotatable bonds is 9. The fourth-order valence-electron chi connectivity index (χ4n) is 3.37. The second-order valence-electron chi connectivity index (χ2n) is 7.43. The van der Waals surface area contributed by atoms with E-state index < -0.39 is 5.82 Å². The minimum atomic E-state index is -0.505. The number of aromatic nitrogens is 2. The van der Waals surface area contributed by atoms with Crippen LogP contribution in [0.4, 0.5) is 21.6 Å². The molecule has 3 aromatic rings.